The fraction of sp³-hybridized carbons (Fsp3) is 0.405. The summed E-state index contributed by atoms with van der Waals surface area (Å²) < 4.78 is 23.7. The van der Waals surface area contributed by atoms with Gasteiger partial charge in [-0.1, -0.05) is 62.7 Å². The van der Waals surface area contributed by atoms with Gasteiger partial charge in [-0.2, -0.15) is 10.2 Å². The number of carbonyl (C=O) groups is 1. The predicted octanol–water partition coefficient (Wildman–Crippen LogP) is 9.88. The molecule has 55 heavy (non-hydrogen) atoms. The van der Waals surface area contributed by atoms with Crippen molar-refractivity contribution in [3.63, 3.8) is 0 Å². The molecule has 10 nitrogen and oxygen atoms in total. The Morgan fingerprint density at radius 3 is 2.44 bits per heavy atom. The Hall–Kier alpha value is -4.07. The van der Waals surface area contributed by atoms with E-state index in [9.17, 15) is 9.90 Å². The van der Waals surface area contributed by atoms with E-state index in [0.29, 0.717) is 36.1 Å². The Morgan fingerprint density at radius 1 is 0.964 bits per heavy atom. The Bertz CT molecular complexity index is 2370. The lowest BCUT2D eigenvalue weighted by atomic mass is 9.98. The SMILES string of the molecule is COC(=O)c1c(CCCO[Si](C)(C)C(C)(C)C)c2ccc(Cl)c(-c3c(COCc4cc(CSc5cc(O)c6ccccc6c5)n(C)n4)nn(C)c3C)c2n1C. The van der Waals surface area contributed by atoms with Crippen LogP contribution in [0.25, 0.3) is 32.8 Å². The molecule has 0 atom stereocenters. The number of ether oxygens (including phenoxy) is 2. The van der Waals surface area contributed by atoms with Crippen LogP contribution in [-0.2, 0) is 60.4 Å². The third kappa shape index (κ3) is 8.25. The number of methoxy groups -OCH3 is 1. The highest BCUT2D eigenvalue weighted by Crippen LogP contribution is 2.43. The molecule has 0 aliphatic rings. The fourth-order valence-corrected chi connectivity index (χ4v) is 9.20. The zero-order chi connectivity index (χ0) is 39.8. The molecule has 0 saturated carbocycles. The van der Waals surface area contributed by atoms with Crippen molar-refractivity contribution in [3.8, 4) is 16.9 Å². The van der Waals surface area contributed by atoms with Gasteiger partial charge in [0, 0.05) is 71.7 Å². The number of esters is 1. The van der Waals surface area contributed by atoms with Crippen LogP contribution in [0.5, 0.6) is 5.75 Å². The number of hydrogen-bond donors (Lipinski definition) is 1. The number of halogens is 1. The molecule has 3 aromatic heterocycles. The van der Waals surface area contributed by atoms with E-state index in [-0.39, 0.29) is 17.4 Å². The molecule has 0 bridgehead atoms. The minimum atomic E-state index is -1.91. The number of fused-ring (bicyclic) bond motifs is 2. The summed E-state index contributed by atoms with van der Waals surface area (Å²) in [7, 11) is 5.23. The number of hydrogen-bond acceptors (Lipinski definition) is 8. The molecule has 0 saturated heterocycles. The maximum Gasteiger partial charge on any atom is 0.354 e. The van der Waals surface area contributed by atoms with Crippen LogP contribution in [0.3, 0.4) is 0 Å². The number of aromatic hydroxyl groups is 1. The van der Waals surface area contributed by atoms with E-state index in [1.54, 1.807) is 11.8 Å². The van der Waals surface area contributed by atoms with Crippen molar-refractivity contribution >= 4 is 59.3 Å². The van der Waals surface area contributed by atoms with Gasteiger partial charge in [0.15, 0.2) is 8.32 Å². The smallest absolute Gasteiger partial charge is 0.354 e. The highest BCUT2D eigenvalue weighted by molar-refractivity contribution is 7.98. The van der Waals surface area contributed by atoms with Gasteiger partial charge in [-0.25, -0.2) is 4.79 Å². The number of nitrogens with zero attached hydrogens (tertiary/aromatic N) is 5. The van der Waals surface area contributed by atoms with Crippen LogP contribution in [0.4, 0.5) is 0 Å². The molecule has 292 valence electrons. The number of aryl methyl sites for hydroxylation is 4. The lowest BCUT2D eigenvalue weighted by Gasteiger charge is -2.36. The Morgan fingerprint density at radius 2 is 1.71 bits per heavy atom. The van der Waals surface area contributed by atoms with Gasteiger partial charge >= 0.3 is 5.97 Å². The molecule has 3 aromatic carbocycles. The third-order valence-corrected chi connectivity index (χ3v) is 16.9. The first kappa shape index (κ1) is 40.6. The van der Waals surface area contributed by atoms with Gasteiger partial charge in [0.25, 0.3) is 0 Å². The van der Waals surface area contributed by atoms with Crippen LogP contribution in [0.15, 0.2) is 59.5 Å². The van der Waals surface area contributed by atoms with E-state index in [4.69, 9.17) is 35.7 Å². The molecule has 0 aliphatic heterocycles. The number of aromatic nitrogens is 5. The molecule has 0 amide bonds. The van der Waals surface area contributed by atoms with E-state index in [2.05, 4.69) is 39.9 Å². The van der Waals surface area contributed by atoms with Crippen molar-refractivity contribution in [2.45, 2.75) is 82.5 Å². The van der Waals surface area contributed by atoms with Gasteiger partial charge in [0.2, 0.25) is 0 Å². The zero-order valence-electron chi connectivity index (χ0n) is 33.5. The summed E-state index contributed by atoms with van der Waals surface area (Å²) in [6.07, 6.45) is 1.41. The summed E-state index contributed by atoms with van der Waals surface area (Å²) in [6, 6.07) is 17.7. The average Bonchev–Trinajstić information content (AvgIpc) is 3.73. The topological polar surface area (TPSA) is 106 Å². The van der Waals surface area contributed by atoms with Crippen molar-refractivity contribution < 1.29 is 23.8 Å². The van der Waals surface area contributed by atoms with E-state index >= 15 is 0 Å². The van der Waals surface area contributed by atoms with Crippen LogP contribution >= 0.6 is 23.4 Å². The van der Waals surface area contributed by atoms with E-state index < -0.39 is 14.3 Å². The van der Waals surface area contributed by atoms with Crippen LogP contribution in [0, 0.1) is 6.92 Å². The van der Waals surface area contributed by atoms with E-state index in [1.165, 1.54) is 7.11 Å². The largest absolute Gasteiger partial charge is 0.507 e. The molecule has 0 aliphatic carbocycles. The van der Waals surface area contributed by atoms with Crippen molar-refractivity contribution in [2.75, 3.05) is 13.7 Å². The second kappa shape index (κ2) is 16.2. The lowest BCUT2D eigenvalue weighted by molar-refractivity contribution is 0.0589. The molecule has 0 unspecified atom stereocenters. The first-order valence-electron chi connectivity index (χ1n) is 18.5. The van der Waals surface area contributed by atoms with E-state index in [1.807, 2.05) is 90.5 Å². The maximum absolute atomic E-state index is 13.3. The van der Waals surface area contributed by atoms with Gasteiger partial charge in [0.05, 0.1) is 42.3 Å². The highest BCUT2D eigenvalue weighted by atomic mass is 35.5. The summed E-state index contributed by atoms with van der Waals surface area (Å²) >= 11 is 8.72. The van der Waals surface area contributed by atoms with Crippen molar-refractivity contribution in [3.05, 3.63) is 93.7 Å². The molecule has 1 N–H and O–H groups in total. The summed E-state index contributed by atoms with van der Waals surface area (Å²) in [6.45, 7) is 14.4. The normalized spacial score (nSPS) is 12.3. The predicted molar refractivity (Wildman–Crippen MR) is 225 cm³/mol. The molecule has 6 rings (SSSR count). The van der Waals surface area contributed by atoms with Crippen molar-refractivity contribution in [1.82, 2.24) is 24.1 Å². The molecule has 13 heteroatoms. The standard InChI is InChI=1S/C42H52ClN5O5SSi/c1-26-37(38-34(43)18-17-33-32(40(41(50)51-8)46(5)39(33)38)16-13-19-53-55(9,10)42(2,3)4)35(45-47(26)6)24-52-23-28-21-29(48(7)44-28)25-54-30-20-27-14-11-12-15-31(27)36(49)22-30/h11-12,14-15,17-18,20-22,49H,13,16,19,23-25H2,1-10H3. The molecule has 3 heterocycles. The number of phenolic OH excluding ortho intramolecular Hbond substituents is 1. The van der Waals surface area contributed by atoms with Gasteiger partial charge in [-0.3, -0.25) is 9.36 Å². The minimum absolute atomic E-state index is 0.114. The zero-order valence-corrected chi connectivity index (χ0v) is 36.1. The quantitative estimate of drug-likeness (QED) is 0.0503. The minimum Gasteiger partial charge on any atom is -0.507 e. The maximum atomic E-state index is 13.3. The van der Waals surface area contributed by atoms with Crippen molar-refractivity contribution in [1.29, 1.82) is 0 Å². The van der Waals surface area contributed by atoms with Gasteiger partial charge in [-0.15, -0.1) is 11.8 Å². The van der Waals surface area contributed by atoms with Crippen LogP contribution in [0.1, 0.15) is 66.0 Å². The number of rotatable bonds is 14. The number of carbonyl (C=O) groups excluding carboxylic acids is 1. The third-order valence-electron chi connectivity index (χ3n) is 11.0. The van der Waals surface area contributed by atoms with E-state index in [0.717, 1.165) is 72.5 Å². The highest BCUT2D eigenvalue weighted by Gasteiger charge is 2.37. The molecule has 0 fully saturated rings. The second-order valence-electron chi connectivity index (χ2n) is 15.6. The van der Waals surface area contributed by atoms with Crippen molar-refractivity contribution in [2.24, 2.45) is 21.1 Å². The number of thioether (sulfide) groups is 1. The Labute approximate surface area is 333 Å². The number of phenols is 1. The van der Waals surface area contributed by atoms with Crippen LogP contribution < -0.4 is 0 Å². The van der Waals surface area contributed by atoms with Crippen LogP contribution in [0.2, 0.25) is 23.2 Å². The molecular weight excluding hydrogens is 750 g/mol. The molecular formula is C42H52ClN5O5SSi. The fourth-order valence-electron chi connectivity index (χ4n) is 6.88. The monoisotopic (exact) mass is 801 g/mol. The Balaban J connectivity index is 1.23. The molecule has 0 radical (unpaired) electrons. The van der Waals surface area contributed by atoms with Gasteiger partial charge in [-0.05, 0) is 73.1 Å². The Kier molecular flexibility index (Phi) is 11.9. The molecule has 0 spiro atoms. The summed E-state index contributed by atoms with van der Waals surface area (Å²) in [4.78, 5) is 14.3. The first-order chi connectivity index (χ1) is 26.0. The van der Waals surface area contributed by atoms with Gasteiger partial charge in [0.1, 0.15) is 11.4 Å². The number of benzene rings is 3. The summed E-state index contributed by atoms with van der Waals surface area (Å²) in [5.41, 5.74) is 7.46. The lowest BCUT2D eigenvalue weighted by Crippen LogP contribution is -2.41. The first-order valence-corrected chi connectivity index (χ1v) is 22.8. The molecule has 6 aromatic rings. The van der Waals surface area contributed by atoms with Crippen LogP contribution in [-0.4, -0.2) is 57.2 Å². The van der Waals surface area contributed by atoms with Gasteiger partial charge < -0.3 is 23.6 Å². The second-order valence-corrected chi connectivity index (χ2v) is 21.9. The summed E-state index contributed by atoms with van der Waals surface area (Å²) in [5, 5.41) is 23.6. The summed E-state index contributed by atoms with van der Waals surface area (Å²) in [5.74, 6) is 0.569. The average molecular weight is 803 g/mol.